The maximum absolute atomic E-state index is 11.7. The summed E-state index contributed by atoms with van der Waals surface area (Å²) in [5.74, 6) is 0.192. The Labute approximate surface area is 117 Å². The van der Waals surface area contributed by atoms with Crippen molar-refractivity contribution in [2.24, 2.45) is 5.92 Å². The van der Waals surface area contributed by atoms with E-state index in [1.807, 2.05) is 6.92 Å². The average molecular weight is 267 g/mol. The van der Waals surface area contributed by atoms with Gasteiger partial charge in [-0.3, -0.25) is 4.79 Å². The molecule has 2 aliphatic rings. The van der Waals surface area contributed by atoms with Gasteiger partial charge >= 0.3 is 5.97 Å². The smallest absolute Gasteiger partial charge is 0.308 e. The van der Waals surface area contributed by atoms with Crippen LogP contribution in [0.5, 0.6) is 0 Å². The number of nitrogens with zero attached hydrogens (tertiary/aromatic N) is 1. The third-order valence-corrected chi connectivity index (χ3v) is 5.04. The lowest BCUT2D eigenvalue weighted by Gasteiger charge is -2.40. The van der Waals surface area contributed by atoms with E-state index in [0.29, 0.717) is 12.6 Å². The minimum absolute atomic E-state index is 0.0290. The van der Waals surface area contributed by atoms with Crippen LogP contribution in [0.2, 0.25) is 0 Å². The first-order valence-corrected chi connectivity index (χ1v) is 8.11. The SMILES string of the molecule is CCOC(=O)C1CCC(N(C)C2CCCCC2)CC1. The number of rotatable bonds is 4. The number of esters is 1. The zero-order chi connectivity index (χ0) is 13.7. The summed E-state index contributed by atoms with van der Waals surface area (Å²) in [7, 11) is 2.30. The normalized spacial score (nSPS) is 29.4. The summed E-state index contributed by atoms with van der Waals surface area (Å²) in [4.78, 5) is 14.4. The summed E-state index contributed by atoms with van der Waals surface area (Å²) in [6.07, 6.45) is 11.3. The molecule has 0 aromatic rings. The van der Waals surface area contributed by atoms with Crippen LogP contribution in [0, 0.1) is 5.92 Å². The summed E-state index contributed by atoms with van der Waals surface area (Å²) in [5, 5.41) is 0. The van der Waals surface area contributed by atoms with Crippen molar-refractivity contribution in [1.29, 1.82) is 0 Å². The molecule has 0 aromatic heterocycles. The standard InChI is InChI=1S/C16H29NO2/c1-3-19-16(18)13-9-11-15(12-10-13)17(2)14-7-5-4-6-8-14/h13-15H,3-12H2,1-2H3. The predicted octanol–water partition coefficient (Wildman–Crippen LogP) is 3.37. The third-order valence-electron chi connectivity index (χ3n) is 5.04. The van der Waals surface area contributed by atoms with Crippen molar-refractivity contribution < 1.29 is 9.53 Å². The van der Waals surface area contributed by atoms with Crippen molar-refractivity contribution in [3.63, 3.8) is 0 Å². The van der Waals surface area contributed by atoms with Crippen LogP contribution in [-0.4, -0.2) is 36.6 Å². The van der Waals surface area contributed by atoms with Crippen LogP contribution in [0.15, 0.2) is 0 Å². The third kappa shape index (κ3) is 3.95. The molecule has 0 heterocycles. The van der Waals surface area contributed by atoms with Gasteiger partial charge in [0, 0.05) is 12.1 Å². The fraction of sp³-hybridized carbons (Fsp3) is 0.938. The zero-order valence-corrected chi connectivity index (χ0v) is 12.6. The van der Waals surface area contributed by atoms with Gasteiger partial charge in [-0.15, -0.1) is 0 Å². The summed E-state index contributed by atoms with van der Waals surface area (Å²) in [6, 6.07) is 1.48. The van der Waals surface area contributed by atoms with Crippen LogP contribution in [0.4, 0.5) is 0 Å². The molecular weight excluding hydrogens is 238 g/mol. The van der Waals surface area contributed by atoms with E-state index in [4.69, 9.17) is 4.74 Å². The summed E-state index contributed by atoms with van der Waals surface area (Å²) < 4.78 is 5.14. The molecule has 0 amide bonds. The van der Waals surface area contributed by atoms with Gasteiger partial charge in [-0.25, -0.2) is 0 Å². The van der Waals surface area contributed by atoms with Gasteiger partial charge in [-0.2, -0.15) is 0 Å². The largest absolute Gasteiger partial charge is 0.466 e. The molecule has 0 atom stereocenters. The molecule has 2 saturated carbocycles. The lowest BCUT2D eigenvalue weighted by molar-refractivity contribution is -0.149. The number of ether oxygens (including phenoxy) is 1. The van der Waals surface area contributed by atoms with Gasteiger partial charge in [0.15, 0.2) is 0 Å². The second-order valence-corrected chi connectivity index (χ2v) is 6.21. The molecule has 3 nitrogen and oxygen atoms in total. The fourth-order valence-corrected chi connectivity index (χ4v) is 3.77. The van der Waals surface area contributed by atoms with Crippen LogP contribution >= 0.6 is 0 Å². The summed E-state index contributed by atoms with van der Waals surface area (Å²) >= 11 is 0. The first kappa shape index (κ1) is 14.8. The van der Waals surface area contributed by atoms with Gasteiger partial charge in [0.1, 0.15) is 0 Å². The molecule has 0 bridgehead atoms. The van der Waals surface area contributed by atoms with E-state index < -0.39 is 0 Å². The van der Waals surface area contributed by atoms with E-state index in [0.717, 1.165) is 31.7 Å². The van der Waals surface area contributed by atoms with Crippen LogP contribution in [-0.2, 0) is 9.53 Å². The number of hydrogen-bond acceptors (Lipinski definition) is 3. The van der Waals surface area contributed by atoms with Crippen molar-refractivity contribution in [3.8, 4) is 0 Å². The molecule has 19 heavy (non-hydrogen) atoms. The highest BCUT2D eigenvalue weighted by Crippen LogP contribution is 2.31. The lowest BCUT2D eigenvalue weighted by Crippen LogP contribution is -2.43. The first-order valence-electron chi connectivity index (χ1n) is 8.11. The molecule has 2 fully saturated rings. The van der Waals surface area contributed by atoms with Crippen molar-refractivity contribution in [1.82, 2.24) is 4.90 Å². The van der Waals surface area contributed by atoms with Crippen molar-refractivity contribution >= 4 is 5.97 Å². The minimum atomic E-state index is 0.0290. The Kier molecular flexibility index (Phi) is 5.68. The summed E-state index contributed by atoms with van der Waals surface area (Å²) in [5.41, 5.74) is 0. The van der Waals surface area contributed by atoms with Crippen LogP contribution < -0.4 is 0 Å². The minimum Gasteiger partial charge on any atom is -0.466 e. The Balaban J connectivity index is 1.77. The molecule has 0 aliphatic heterocycles. The van der Waals surface area contributed by atoms with Gasteiger partial charge in [-0.05, 0) is 52.5 Å². The quantitative estimate of drug-likeness (QED) is 0.731. The molecule has 2 aliphatic carbocycles. The molecule has 0 unspecified atom stereocenters. The maximum atomic E-state index is 11.7. The zero-order valence-electron chi connectivity index (χ0n) is 12.6. The van der Waals surface area contributed by atoms with Crippen molar-refractivity contribution in [2.45, 2.75) is 76.8 Å². The molecule has 0 radical (unpaired) electrons. The van der Waals surface area contributed by atoms with Crippen molar-refractivity contribution in [2.75, 3.05) is 13.7 Å². The Bertz CT molecular complexity index is 278. The molecule has 0 saturated heterocycles. The topological polar surface area (TPSA) is 29.5 Å². The summed E-state index contributed by atoms with van der Waals surface area (Å²) in [6.45, 7) is 2.40. The Morgan fingerprint density at radius 3 is 2.16 bits per heavy atom. The van der Waals surface area contributed by atoms with Gasteiger partial charge in [0.05, 0.1) is 12.5 Å². The molecule has 110 valence electrons. The molecule has 2 rings (SSSR count). The van der Waals surface area contributed by atoms with Gasteiger partial charge in [-0.1, -0.05) is 19.3 Å². The Hall–Kier alpha value is -0.570. The number of carbonyl (C=O) groups excluding carboxylic acids is 1. The second-order valence-electron chi connectivity index (χ2n) is 6.21. The Morgan fingerprint density at radius 2 is 1.58 bits per heavy atom. The molecular formula is C16H29NO2. The van der Waals surface area contributed by atoms with Crippen LogP contribution in [0.3, 0.4) is 0 Å². The van der Waals surface area contributed by atoms with E-state index in [1.165, 1.54) is 32.1 Å². The van der Waals surface area contributed by atoms with Gasteiger partial charge in [0.25, 0.3) is 0 Å². The number of carbonyl (C=O) groups is 1. The van der Waals surface area contributed by atoms with Gasteiger partial charge < -0.3 is 9.64 Å². The van der Waals surface area contributed by atoms with E-state index in [9.17, 15) is 4.79 Å². The van der Waals surface area contributed by atoms with E-state index in [-0.39, 0.29) is 11.9 Å². The monoisotopic (exact) mass is 267 g/mol. The second kappa shape index (κ2) is 7.28. The average Bonchev–Trinajstić information content (AvgIpc) is 2.48. The van der Waals surface area contributed by atoms with Crippen LogP contribution in [0.25, 0.3) is 0 Å². The lowest BCUT2D eigenvalue weighted by atomic mass is 9.84. The Morgan fingerprint density at radius 1 is 1.00 bits per heavy atom. The molecule has 0 N–H and O–H groups in total. The van der Waals surface area contributed by atoms with E-state index in [1.54, 1.807) is 0 Å². The molecule has 0 spiro atoms. The van der Waals surface area contributed by atoms with E-state index >= 15 is 0 Å². The highest BCUT2D eigenvalue weighted by atomic mass is 16.5. The molecule has 0 aromatic carbocycles. The maximum Gasteiger partial charge on any atom is 0.308 e. The van der Waals surface area contributed by atoms with E-state index in [2.05, 4.69) is 11.9 Å². The predicted molar refractivity (Wildman–Crippen MR) is 77.0 cm³/mol. The highest BCUT2D eigenvalue weighted by Gasteiger charge is 2.31. The molecule has 3 heteroatoms. The van der Waals surface area contributed by atoms with Crippen molar-refractivity contribution in [3.05, 3.63) is 0 Å². The van der Waals surface area contributed by atoms with Crippen LogP contribution in [0.1, 0.15) is 64.7 Å². The fourth-order valence-electron chi connectivity index (χ4n) is 3.77. The number of hydrogen-bond donors (Lipinski definition) is 0. The first-order chi connectivity index (χ1) is 9.22. The highest BCUT2D eigenvalue weighted by molar-refractivity contribution is 5.72. The van der Waals surface area contributed by atoms with Gasteiger partial charge in [0.2, 0.25) is 0 Å².